The second kappa shape index (κ2) is 9.25. The van der Waals surface area contributed by atoms with Crippen LogP contribution in [-0.4, -0.2) is 5.78 Å². The molecule has 0 bridgehead atoms. The minimum atomic E-state index is 0.181. The van der Waals surface area contributed by atoms with E-state index in [0.717, 1.165) is 25.2 Å². The molecule has 1 aromatic carbocycles. The van der Waals surface area contributed by atoms with Crippen LogP contribution in [0.5, 0.6) is 0 Å². The molecular weight excluding hydrogens is 280 g/mol. The normalized spacial score (nSPS) is 18.5. The van der Waals surface area contributed by atoms with E-state index in [-0.39, 0.29) is 5.41 Å². The molecule has 0 saturated heterocycles. The smallest absolute Gasteiger partial charge is 0.133 e. The van der Waals surface area contributed by atoms with Crippen LogP contribution in [0.15, 0.2) is 30.3 Å². The molecule has 0 amide bonds. The average molecular weight is 315 g/mol. The van der Waals surface area contributed by atoms with E-state index in [1.165, 1.54) is 50.5 Å². The van der Waals surface area contributed by atoms with Crippen molar-refractivity contribution in [1.29, 1.82) is 0 Å². The second-order valence-corrected chi connectivity index (χ2v) is 7.91. The SMILES string of the molecule is CCC(=O)CC(C)(CCc1ccccc1)CCC1CCCCC1. The highest BCUT2D eigenvalue weighted by atomic mass is 16.1. The van der Waals surface area contributed by atoms with Gasteiger partial charge < -0.3 is 0 Å². The third-order valence-electron chi connectivity index (χ3n) is 5.76. The Balaban J connectivity index is 1.91. The molecule has 0 heterocycles. The molecular formula is C22H34O. The first-order valence-electron chi connectivity index (χ1n) is 9.67. The summed E-state index contributed by atoms with van der Waals surface area (Å²) in [6.07, 6.45) is 13.3. The Kier molecular flexibility index (Phi) is 7.33. The van der Waals surface area contributed by atoms with Crippen LogP contribution in [0.4, 0.5) is 0 Å². The summed E-state index contributed by atoms with van der Waals surface area (Å²) >= 11 is 0. The molecule has 1 atom stereocenters. The van der Waals surface area contributed by atoms with Crippen molar-refractivity contribution in [3.05, 3.63) is 35.9 Å². The van der Waals surface area contributed by atoms with Crippen molar-refractivity contribution in [2.24, 2.45) is 11.3 Å². The van der Waals surface area contributed by atoms with Gasteiger partial charge in [-0.25, -0.2) is 0 Å². The van der Waals surface area contributed by atoms with E-state index in [0.29, 0.717) is 12.2 Å². The number of rotatable bonds is 9. The zero-order valence-corrected chi connectivity index (χ0v) is 15.2. The highest BCUT2D eigenvalue weighted by Gasteiger charge is 2.28. The van der Waals surface area contributed by atoms with Gasteiger partial charge in [-0.15, -0.1) is 0 Å². The Morgan fingerprint density at radius 1 is 1.09 bits per heavy atom. The summed E-state index contributed by atoms with van der Waals surface area (Å²) in [6, 6.07) is 10.7. The number of Topliss-reactive ketones (excluding diaryl/α,β-unsaturated/α-hetero) is 1. The Morgan fingerprint density at radius 3 is 2.43 bits per heavy atom. The summed E-state index contributed by atoms with van der Waals surface area (Å²) in [4.78, 5) is 12.1. The lowest BCUT2D eigenvalue weighted by Gasteiger charge is -2.32. The fraction of sp³-hybridized carbons (Fsp3) is 0.682. The van der Waals surface area contributed by atoms with Gasteiger partial charge in [0.2, 0.25) is 0 Å². The third kappa shape index (κ3) is 6.49. The maximum atomic E-state index is 12.1. The standard InChI is InChI=1S/C22H34O/c1-3-21(23)18-22(2,16-14-19-10-6-4-7-11-19)17-15-20-12-8-5-9-13-20/h4,6-7,10-11,20H,3,5,8-9,12-18H2,1-2H3. The largest absolute Gasteiger partial charge is 0.300 e. The van der Waals surface area contributed by atoms with Crippen molar-refractivity contribution in [2.75, 3.05) is 0 Å². The molecule has 1 aromatic rings. The molecule has 1 heteroatoms. The molecule has 1 nitrogen and oxygen atoms in total. The first-order valence-corrected chi connectivity index (χ1v) is 9.67. The lowest BCUT2D eigenvalue weighted by Crippen LogP contribution is -2.23. The van der Waals surface area contributed by atoms with Crippen LogP contribution < -0.4 is 0 Å². The molecule has 1 aliphatic rings. The lowest BCUT2D eigenvalue weighted by molar-refractivity contribution is -0.121. The van der Waals surface area contributed by atoms with Crippen molar-refractivity contribution in [3.63, 3.8) is 0 Å². The zero-order valence-electron chi connectivity index (χ0n) is 15.2. The molecule has 128 valence electrons. The van der Waals surface area contributed by atoms with Gasteiger partial charge in [0.05, 0.1) is 0 Å². The number of carbonyl (C=O) groups is 1. The van der Waals surface area contributed by atoms with E-state index < -0.39 is 0 Å². The van der Waals surface area contributed by atoms with Crippen LogP contribution >= 0.6 is 0 Å². The van der Waals surface area contributed by atoms with Gasteiger partial charge in [-0.3, -0.25) is 4.79 Å². The van der Waals surface area contributed by atoms with Gasteiger partial charge in [-0.05, 0) is 42.6 Å². The van der Waals surface area contributed by atoms with Crippen LogP contribution in [-0.2, 0) is 11.2 Å². The van der Waals surface area contributed by atoms with Crippen molar-refractivity contribution in [3.8, 4) is 0 Å². The van der Waals surface area contributed by atoms with Gasteiger partial charge in [0.1, 0.15) is 5.78 Å². The van der Waals surface area contributed by atoms with Crippen molar-refractivity contribution in [2.45, 2.75) is 84.5 Å². The summed E-state index contributed by atoms with van der Waals surface area (Å²) in [7, 11) is 0. The Bertz CT molecular complexity index is 458. The van der Waals surface area contributed by atoms with Crippen molar-refractivity contribution in [1.82, 2.24) is 0 Å². The maximum Gasteiger partial charge on any atom is 0.133 e. The first-order chi connectivity index (χ1) is 11.1. The summed E-state index contributed by atoms with van der Waals surface area (Å²) in [5.41, 5.74) is 1.58. The molecule has 0 aliphatic heterocycles. The molecule has 0 spiro atoms. The summed E-state index contributed by atoms with van der Waals surface area (Å²) < 4.78 is 0. The summed E-state index contributed by atoms with van der Waals surface area (Å²) in [6.45, 7) is 4.35. The predicted molar refractivity (Wildman–Crippen MR) is 98.6 cm³/mol. The van der Waals surface area contributed by atoms with E-state index in [1.54, 1.807) is 0 Å². The van der Waals surface area contributed by atoms with Gasteiger partial charge in [0, 0.05) is 12.8 Å². The van der Waals surface area contributed by atoms with Crippen LogP contribution in [0.3, 0.4) is 0 Å². The van der Waals surface area contributed by atoms with Crippen molar-refractivity contribution < 1.29 is 4.79 Å². The van der Waals surface area contributed by atoms with E-state index in [9.17, 15) is 4.79 Å². The lowest BCUT2D eigenvalue weighted by atomic mass is 9.73. The van der Waals surface area contributed by atoms with Gasteiger partial charge in [-0.2, -0.15) is 0 Å². The minimum Gasteiger partial charge on any atom is -0.300 e. The van der Waals surface area contributed by atoms with Crippen LogP contribution in [0.2, 0.25) is 0 Å². The molecule has 0 aromatic heterocycles. The first kappa shape index (κ1) is 18.2. The second-order valence-electron chi connectivity index (χ2n) is 7.91. The topological polar surface area (TPSA) is 17.1 Å². The quantitative estimate of drug-likeness (QED) is 0.518. The highest BCUT2D eigenvalue weighted by molar-refractivity contribution is 5.78. The highest BCUT2D eigenvalue weighted by Crippen LogP contribution is 2.38. The predicted octanol–water partition coefficient (Wildman–Crippen LogP) is 6.36. The van der Waals surface area contributed by atoms with Gasteiger partial charge in [-0.1, -0.05) is 76.3 Å². The molecule has 0 radical (unpaired) electrons. The number of carbonyl (C=O) groups excluding carboxylic acids is 1. The molecule has 1 aliphatic carbocycles. The molecule has 1 saturated carbocycles. The van der Waals surface area contributed by atoms with Gasteiger partial charge in [0.15, 0.2) is 0 Å². The van der Waals surface area contributed by atoms with Crippen molar-refractivity contribution >= 4 is 5.78 Å². The Labute approximate surface area is 142 Å². The number of aryl methyl sites for hydroxylation is 1. The van der Waals surface area contributed by atoms with Gasteiger partial charge >= 0.3 is 0 Å². The Morgan fingerprint density at radius 2 is 1.78 bits per heavy atom. The van der Waals surface area contributed by atoms with Crippen LogP contribution in [0, 0.1) is 11.3 Å². The van der Waals surface area contributed by atoms with Gasteiger partial charge in [0.25, 0.3) is 0 Å². The van der Waals surface area contributed by atoms with E-state index in [1.807, 2.05) is 6.92 Å². The number of hydrogen-bond acceptors (Lipinski definition) is 1. The molecule has 2 rings (SSSR count). The molecule has 1 unspecified atom stereocenters. The zero-order chi connectivity index (χ0) is 16.5. The molecule has 23 heavy (non-hydrogen) atoms. The molecule has 1 fully saturated rings. The van der Waals surface area contributed by atoms with Crippen LogP contribution in [0.25, 0.3) is 0 Å². The molecule has 0 N–H and O–H groups in total. The fourth-order valence-electron chi connectivity index (χ4n) is 4.02. The monoisotopic (exact) mass is 314 g/mol. The Hall–Kier alpha value is -1.11. The third-order valence-corrected chi connectivity index (χ3v) is 5.76. The van der Waals surface area contributed by atoms with E-state index in [4.69, 9.17) is 0 Å². The fourth-order valence-corrected chi connectivity index (χ4v) is 4.02. The van der Waals surface area contributed by atoms with Crippen LogP contribution in [0.1, 0.15) is 83.6 Å². The number of hydrogen-bond donors (Lipinski definition) is 0. The average Bonchev–Trinajstić information content (AvgIpc) is 2.60. The maximum absolute atomic E-state index is 12.1. The number of benzene rings is 1. The summed E-state index contributed by atoms with van der Waals surface area (Å²) in [5.74, 6) is 1.35. The van der Waals surface area contributed by atoms with E-state index in [2.05, 4.69) is 37.3 Å². The summed E-state index contributed by atoms with van der Waals surface area (Å²) in [5, 5.41) is 0. The minimum absolute atomic E-state index is 0.181. The number of ketones is 1. The van der Waals surface area contributed by atoms with E-state index >= 15 is 0 Å².